The summed E-state index contributed by atoms with van der Waals surface area (Å²) in [5.41, 5.74) is 0.858. The molecule has 3 aliphatic carbocycles. The van der Waals surface area contributed by atoms with Gasteiger partial charge >= 0.3 is 0 Å². The van der Waals surface area contributed by atoms with Crippen LogP contribution in [-0.2, 0) is 19.1 Å². The summed E-state index contributed by atoms with van der Waals surface area (Å²) in [6.07, 6.45) is 23.1. The molecule has 8 heteroatoms. The van der Waals surface area contributed by atoms with Gasteiger partial charge in [-0.05, 0) is 89.4 Å². The Morgan fingerprint density at radius 2 is 1.00 bits per heavy atom. The minimum atomic E-state index is -0.105. The fourth-order valence-electron chi connectivity index (χ4n) is 7.72. The number of methoxy groups -OCH3 is 2. The molecule has 4 atom stereocenters. The second-order valence-corrected chi connectivity index (χ2v) is 14.0. The van der Waals surface area contributed by atoms with Crippen molar-refractivity contribution in [1.29, 1.82) is 0 Å². The van der Waals surface area contributed by atoms with E-state index in [9.17, 15) is 9.59 Å². The van der Waals surface area contributed by atoms with Crippen molar-refractivity contribution in [2.24, 2.45) is 11.8 Å². The first-order valence-corrected chi connectivity index (χ1v) is 19.0. The summed E-state index contributed by atoms with van der Waals surface area (Å²) < 4.78 is 11.5. The van der Waals surface area contributed by atoms with Gasteiger partial charge in [0.05, 0.1) is 23.6 Å². The standard InChI is InChI=1S/C38H68N4O4/c1-5-41(29-31-19-11-13-21-37(31)45-3)25-17-9-7-15-23-39-33-27-36(44)34(28-35(33)43)40-24-16-8-10-18-26-42(6-2)30-32-20-12-14-22-38(32)46-4/h27-28,31-32,37-40H,5-26,29-30H2,1-4H3. The summed E-state index contributed by atoms with van der Waals surface area (Å²) in [7, 11) is 3.74. The average molecular weight is 645 g/mol. The number of carbonyl (C=O) groups is 2. The van der Waals surface area contributed by atoms with Crippen molar-refractivity contribution in [2.45, 2.75) is 129 Å². The molecule has 0 heterocycles. The lowest BCUT2D eigenvalue weighted by atomic mass is 9.86. The predicted octanol–water partition coefficient (Wildman–Crippen LogP) is 6.26. The predicted molar refractivity (Wildman–Crippen MR) is 189 cm³/mol. The van der Waals surface area contributed by atoms with Crippen LogP contribution in [0, 0.1) is 11.8 Å². The highest BCUT2D eigenvalue weighted by molar-refractivity contribution is 6.19. The van der Waals surface area contributed by atoms with Gasteiger partial charge in [0.25, 0.3) is 0 Å². The van der Waals surface area contributed by atoms with Crippen LogP contribution < -0.4 is 10.6 Å². The van der Waals surface area contributed by atoms with Gasteiger partial charge in [-0.15, -0.1) is 0 Å². The molecule has 2 N–H and O–H groups in total. The third-order valence-electron chi connectivity index (χ3n) is 10.7. The van der Waals surface area contributed by atoms with E-state index in [1.165, 1.54) is 89.2 Å². The summed E-state index contributed by atoms with van der Waals surface area (Å²) in [5.74, 6) is 1.13. The molecule has 2 saturated carbocycles. The molecule has 264 valence electrons. The van der Waals surface area contributed by atoms with Crippen LogP contribution in [0.15, 0.2) is 23.5 Å². The maximum absolute atomic E-state index is 12.7. The molecule has 0 saturated heterocycles. The van der Waals surface area contributed by atoms with Gasteiger partial charge in [-0.25, -0.2) is 0 Å². The smallest absolute Gasteiger partial charge is 0.203 e. The molecule has 0 bridgehead atoms. The van der Waals surface area contributed by atoms with Crippen LogP contribution >= 0.6 is 0 Å². The van der Waals surface area contributed by atoms with Gasteiger partial charge in [0.1, 0.15) is 0 Å². The van der Waals surface area contributed by atoms with E-state index in [4.69, 9.17) is 9.47 Å². The number of allylic oxidation sites excluding steroid dienone is 2. The Morgan fingerprint density at radius 3 is 1.39 bits per heavy atom. The fourth-order valence-corrected chi connectivity index (χ4v) is 7.72. The van der Waals surface area contributed by atoms with Crippen LogP contribution in [0.25, 0.3) is 0 Å². The summed E-state index contributed by atoms with van der Waals surface area (Å²) in [5, 5.41) is 6.43. The van der Waals surface area contributed by atoms with Crippen molar-refractivity contribution >= 4 is 11.6 Å². The summed E-state index contributed by atoms with van der Waals surface area (Å²) >= 11 is 0. The highest BCUT2D eigenvalue weighted by Gasteiger charge is 2.27. The molecule has 0 aromatic heterocycles. The minimum Gasteiger partial charge on any atom is -0.382 e. The van der Waals surface area contributed by atoms with Crippen molar-refractivity contribution < 1.29 is 19.1 Å². The molecule has 2 fully saturated rings. The molecule has 3 aliphatic rings. The van der Waals surface area contributed by atoms with E-state index in [-0.39, 0.29) is 11.6 Å². The molecule has 0 aliphatic heterocycles. The Hall–Kier alpha value is -1.74. The van der Waals surface area contributed by atoms with Crippen molar-refractivity contribution in [2.75, 3.05) is 66.6 Å². The summed E-state index contributed by atoms with van der Waals surface area (Å²) in [6.45, 7) is 12.7. The Labute approximate surface area is 281 Å². The van der Waals surface area contributed by atoms with E-state index in [1.54, 1.807) is 0 Å². The first kappa shape index (κ1) is 38.7. The first-order valence-electron chi connectivity index (χ1n) is 19.0. The second-order valence-electron chi connectivity index (χ2n) is 14.0. The molecule has 0 aromatic rings. The quantitative estimate of drug-likeness (QED) is 0.0942. The summed E-state index contributed by atoms with van der Waals surface area (Å²) in [4.78, 5) is 30.5. The number of rotatable bonds is 24. The van der Waals surface area contributed by atoms with E-state index in [1.807, 2.05) is 14.2 Å². The Balaban J connectivity index is 1.20. The monoisotopic (exact) mass is 645 g/mol. The van der Waals surface area contributed by atoms with Crippen LogP contribution in [0.4, 0.5) is 0 Å². The normalized spacial score (nSPS) is 24.0. The van der Waals surface area contributed by atoms with E-state index < -0.39 is 0 Å². The third kappa shape index (κ3) is 13.8. The number of unbranched alkanes of at least 4 members (excludes halogenated alkanes) is 6. The van der Waals surface area contributed by atoms with Crippen LogP contribution in [0.1, 0.15) is 117 Å². The molecular weight excluding hydrogens is 576 g/mol. The highest BCUT2D eigenvalue weighted by Crippen LogP contribution is 2.28. The van der Waals surface area contributed by atoms with Crippen molar-refractivity contribution in [1.82, 2.24) is 20.4 Å². The van der Waals surface area contributed by atoms with Gasteiger partial charge < -0.3 is 29.9 Å². The number of ketones is 2. The van der Waals surface area contributed by atoms with E-state index >= 15 is 0 Å². The topological polar surface area (TPSA) is 83.1 Å². The molecule has 8 nitrogen and oxygen atoms in total. The number of nitrogens with one attached hydrogen (secondary N) is 2. The van der Waals surface area contributed by atoms with Gasteiger partial charge in [0.15, 0.2) is 0 Å². The van der Waals surface area contributed by atoms with Gasteiger partial charge in [-0.1, -0.05) is 65.2 Å². The average Bonchev–Trinajstić information content (AvgIpc) is 3.08. The van der Waals surface area contributed by atoms with E-state index in [2.05, 4.69) is 34.3 Å². The second kappa shape index (κ2) is 22.8. The molecule has 0 radical (unpaired) electrons. The number of carbonyl (C=O) groups excluding carboxylic acids is 2. The molecule has 3 rings (SSSR count). The number of nitrogens with zero attached hydrogens (tertiary/aromatic N) is 2. The Morgan fingerprint density at radius 1 is 0.609 bits per heavy atom. The SMILES string of the molecule is CCN(CCCCCCNC1=CC(=O)C(NCCCCCCN(CC)CC2CCCCC2OC)=CC1=O)CC1CCCCC1OC. The van der Waals surface area contributed by atoms with Crippen molar-refractivity contribution in [3.8, 4) is 0 Å². The van der Waals surface area contributed by atoms with Crippen molar-refractivity contribution in [3.63, 3.8) is 0 Å². The fraction of sp³-hybridized carbons (Fsp3) is 0.842. The molecular formula is C38H68N4O4. The zero-order valence-electron chi connectivity index (χ0n) is 30.0. The molecule has 0 aromatic carbocycles. The van der Waals surface area contributed by atoms with E-state index in [0.717, 1.165) is 78.0 Å². The highest BCUT2D eigenvalue weighted by atomic mass is 16.5. The molecule has 46 heavy (non-hydrogen) atoms. The number of ether oxygens (including phenoxy) is 2. The van der Waals surface area contributed by atoms with Gasteiger partial charge in [-0.2, -0.15) is 0 Å². The zero-order valence-corrected chi connectivity index (χ0v) is 30.0. The first-order chi connectivity index (χ1) is 22.5. The van der Waals surface area contributed by atoms with Crippen LogP contribution in [0.2, 0.25) is 0 Å². The maximum Gasteiger partial charge on any atom is 0.203 e. The maximum atomic E-state index is 12.7. The number of hydrogen-bond donors (Lipinski definition) is 2. The summed E-state index contributed by atoms with van der Waals surface area (Å²) in [6, 6.07) is 0. The van der Waals surface area contributed by atoms with E-state index in [0.29, 0.717) is 35.4 Å². The van der Waals surface area contributed by atoms with Gasteiger partial charge in [0.2, 0.25) is 11.6 Å². The van der Waals surface area contributed by atoms with Crippen LogP contribution in [-0.4, -0.2) is 100 Å². The molecule has 0 spiro atoms. The van der Waals surface area contributed by atoms with Crippen LogP contribution in [0.5, 0.6) is 0 Å². The van der Waals surface area contributed by atoms with Crippen molar-refractivity contribution in [3.05, 3.63) is 23.5 Å². The Bertz CT molecular complexity index is 864. The largest absolute Gasteiger partial charge is 0.382 e. The lowest BCUT2D eigenvalue weighted by Gasteiger charge is -2.34. The number of hydrogen-bond acceptors (Lipinski definition) is 8. The molecule has 0 amide bonds. The lowest BCUT2D eigenvalue weighted by Crippen LogP contribution is -2.38. The zero-order chi connectivity index (χ0) is 33.0. The lowest BCUT2D eigenvalue weighted by molar-refractivity contribution is -0.115. The van der Waals surface area contributed by atoms with Gasteiger partial charge in [-0.3, -0.25) is 9.59 Å². The molecule has 4 unspecified atom stereocenters. The Kier molecular flexibility index (Phi) is 19.2. The van der Waals surface area contributed by atoms with Crippen LogP contribution in [0.3, 0.4) is 0 Å². The van der Waals surface area contributed by atoms with Gasteiger partial charge in [0, 0.05) is 52.6 Å². The third-order valence-corrected chi connectivity index (χ3v) is 10.7. The minimum absolute atomic E-state index is 0.105.